The number of rotatable bonds is 6. The Morgan fingerprint density at radius 1 is 1.00 bits per heavy atom. The van der Waals surface area contributed by atoms with Crippen LogP contribution in [0.25, 0.3) is 0 Å². The van der Waals surface area contributed by atoms with Gasteiger partial charge in [0.25, 0.3) is 0 Å². The maximum Gasteiger partial charge on any atom is 0.142 e. The highest BCUT2D eigenvalue weighted by Gasteiger charge is 2.17. The lowest BCUT2D eigenvalue weighted by molar-refractivity contribution is 0.106. The Morgan fingerprint density at radius 2 is 1.70 bits per heavy atom. The molecular weight excluding hydrogens is 294 g/mol. The molecule has 5 heteroatoms. The van der Waals surface area contributed by atoms with Crippen LogP contribution in [0.15, 0.2) is 30.3 Å². The quantitative estimate of drug-likeness (QED) is 0.801. The van der Waals surface area contributed by atoms with Crippen molar-refractivity contribution >= 4 is 5.69 Å². The van der Waals surface area contributed by atoms with Gasteiger partial charge in [-0.15, -0.1) is 0 Å². The van der Waals surface area contributed by atoms with Crippen molar-refractivity contribution in [2.24, 2.45) is 0 Å². The number of methoxy groups -OCH3 is 2. The molecule has 2 rings (SSSR count). The largest absolute Gasteiger partial charge is 0.496 e. The predicted molar refractivity (Wildman–Crippen MR) is 90.3 cm³/mol. The molecule has 0 bridgehead atoms. The summed E-state index contributed by atoms with van der Waals surface area (Å²) >= 11 is 0. The van der Waals surface area contributed by atoms with Crippen molar-refractivity contribution in [2.75, 3.05) is 26.6 Å². The smallest absolute Gasteiger partial charge is 0.142 e. The van der Waals surface area contributed by atoms with Gasteiger partial charge in [-0.3, -0.25) is 0 Å². The summed E-state index contributed by atoms with van der Waals surface area (Å²) in [6, 6.07) is 9.13. The van der Waals surface area contributed by atoms with E-state index >= 15 is 0 Å². The molecule has 0 fully saturated rings. The molecule has 0 amide bonds. The Morgan fingerprint density at radius 3 is 2.30 bits per heavy atom. The number of nitrogens with two attached hydrogens (primary N) is 1. The molecule has 0 saturated carbocycles. The van der Waals surface area contributed by atoms with Crippen LogP contribution in [0.1, 0.15) is 22.8 Å². The lowest BCUT2D eigenvalue weighted by Crippen LogP contribution is -2.12. The van der Waals surface area contributed by atoms with Crippen LogP contribution in [-0.2, 0) is 0 Å². The van der Waals surface area contributed by atoms with E-state index in [-0.39, 0.29) is 6.61 Å². The van der Waals surface area contributed by atoms with Crippen LogP contribution in [0.5, 0.6) is 17.2 Å². The number of aliphatic hydroxyl groups excluding tert-OH is 1. The predicted octanol–water partition coefficient (Wildman–Crippen LogP) is 3.02. The molecule has 0 aromatic heterocycles. The van der Waals surface area contributed by atoms with Crippen molar-refractivity contribution in [3.63, 3.8) is 0 Å². The standard InChI is InChI=1S/C18H23NO4/c1-11-5-6-16(14(19)7-11)23-10-15(20)13-9-17(21-3)12(2)8-18(13)22-4/h5-9,15,20H,10,19H2,1-4H3. The minimum Gasteiger partial charge on any atom is -0.496 e. The summed E-state index contributed by atoms with van der Waals surface area (Å²) in [5.41, 5.74) is 9.07. The highest BCUT2D eigenvalue weighted by Crippen LogP contribution is 2.33. The first-order valence-corrected chi connectivity index (χ1v) is 7.35. The molecule has 2 aromatic rings. The van der Waals surface area contributed by atoms with Crippen molar-refractivity contribution in [1.82, 2.24) is 0 Å². The van der Waals surface area contributed by atoms with Gasteiger partial charge in [-0.25, -0.2) is 0 Å². The van der Waals surface area contributed by atoms with E-state index in [2.05, 4.69) is 0 Å². The van der Waals surface area contributed by atoms with Gasteiger partial charge in [-0.05, 0) is 49.2 Å². The summed E-state index contributed by atoms with van der Waals surface area (Å²) in [4.78, 5) is 0. The Kier molecular flexibility index (Phi) is 5.34. The van der Waals surface area contributed by atoms with Gasteiger partial charge in [0.2, 0.25) is 0 Å². The number of ether oxygens (including phenoxy) is 3. The SMILES string of the molecule is COc1cc(C(O)COc2ccc(C)cc2N)c(OC)cc1C. The summed E-state index contributed by atoms with van der Waals surface area (Å²) in [5.74, 6) is 1.83. The zero-order valence-electron chi connectivity index (χ0n) is 13.9. The molecule has 0 spiro atoms. The number of anilines is 1. The van der Waals surface area contributed by atoms with Crippen LogP contribution in [0.4, 0.5) is 5.69 Å². The second-order valence-electron chi connectivity index (χ2n) is 5.43. The van der Waals surface area contributed by atoms with E-state index in [4.69, 9.17) is 19.9 Å². The fraction of sp³-hybridized carbons (Fsp3) is 0.333. The van der Waals surface area contributed by atoms with Crippen LogP contribution < -0.4 is 19.9 Å². The van der Waals surface area contributed by atoms with Gasteiger partial charge in [0.05, 0.1) is 19.9 Å². The van der Waals surface area contributed by atoms with Gasteiger partial charge in [-0.2, -0.15) is 0 Å². The van der Waals surface area contributed by atoms with Crippen LogP contribution in [-0.4, -0.2) is 25.9 Å². The average Bonchev–Trinajstić information content (AvgIpc) is 2.53. The molecule has 1 unspecified atom stereocenters. The van der Waals surface area contributed by atoms with Crippen molar-refractivity contribution < 1.29 is 19.3 Å². The number of hydrogen-bond donors (Lipinski definition) is 2. The Hall–Kier alpha value is -2.40. The van der Waals surface area contributed by atoms with Gasteiger partial charge in [-0.1, -0.05) is 6.07 Å². The maximum atomic E-state index is 10.4. The Bertz CT molecular complexity index is 685. The van der Waals surface area contributed by atoms with Crippen LogP contribution in [0.3, 0.4) is 0 Å². The van der Waals surface area contributed by atoms with Crippen LogP contribution >= 0.6 is 0 Å². The average molecular weight is 317 g/mol. The second kappa shape index (κ2) is 7.24. The van der Waals surface area contributed by atoms with Gasteiger partial charge in [0.1, 0.15) is 30.0 Å². The minimum absolute atomic E-state index is 0.0653. The van der Waals surface area contributed by atoms with Gasteiger partial charge < -0.3 is 25.1 Å². The van der Waals surface area contributed by atoms with E-state index in [9.17, 15) is 5.11 Å². The number of aliphatic hydroxyl groups is 1. The number of hydrogen-bond acceptors (Lipinski definition) is 5. The first-order valence-electron chi connectivity index (χ1n) is 7.35. The van der Waals surface area contributed by atoms with E-state index in [0.29, 0.717) is 28.5 Å². The fourth-order valence-electron chi connectivity index (χ4n) is 2.39. The highest BCUT2D eigenvalue weighted by atomic mass is 16.5. The zero-order chi connectivity index (χ0) is 17.0. The van der Waals surface area contributed by atoms with Crippen LogP contribution in [0, 0.1) is 13.8 Å². The number of benzene rings is 2. The normalized spacial score (nSPS) is 11.9. The number of nitrogen functional groups attached to an aromatic ring is 1. The summed E-state index contributed by atoms with van der Waals surface area (Å²) in [5, 5.41) is 10.4. The lowest BCUT2D eigenvalue weighted by atomic mass is 10.1. The van der Waals surface area contributed by atoms with Gasteiger partial charge in [0.15, 0.2) is 0 Å². The molecule has 0 heterocycles. The first-order chi connectivity index (χ1) is 11.0. The molecule has 0 saturated heterocycles. The first kappa shape index (κ1) is 17.0. The molecule has 0 radical (unpaired) electrons. The van der Waals surface area contributed by atoms with Gasteiger partial charge in [0, 0.05) is 5.56 Å². The molecule has 0 aliphatic carbocycles. The Labute approximate surface area is 136 Å². The van der Waals surface area contributed by atoms with Crippen molar-refractivity contribution in [3.05, 3.63) is 47.0 Å². The second-order valence-corrected chi connectivity index (χ2v) is 5.43. The van der Waals surface area contributed by atoms with Crippen LogP contribution in [0.2, 0.25) is 0 Å². The summed E-state index contributed by atoms with van der Waals surface area (Å²) in [6.45, 7) is 3.94. The molecule has 1 atom stereocenters. The van der Waals surface area contributed by atoms with Crippen molar-refractivity contribution in [1.29, 1.82) is 0 Å². The summed E-state index contributed by atoms with van der Waals surface area (Å²) < 4.78 is 16.3. The van der Waals surface area contributed by atoms with Gasteiger partial charge >= 0.3 is 0 Å². The third kappa shape index (κ3) is 3.87. The Balaban J connectivity index is 2.18. The highest BCUT2D eigenvalue weighted by molar-refractivity contribution is 5.54. The third-order valence-electron chi connectivity index (χ3n) is 3.67. The van der Waals surface area contributed by atoms with E-state index < -0.39 is 6.10 Å². The summed E-state index contributed by atoms with van der Waals surface area (Å²) in [7, 11) is 3.16. The van der Waals surface area contributed by atoms with E-state index in [1.54, 1.807) is 26.4 Å². The molecule has 124 valence electrons. The molecule has 3 N–H and O–H groups in total. The van der Waals surface area contributed by atoms with E-state index in [1.807, 2.05) is 32.0 Å². The molecule has 0 aliphatic heterocycles. The fourth-order valence-corrected chi connectivity index (χ4v) is 2.39. The van der Waals surface area contributed by atoms with Crippen molar-refractivity contribution in [2.45, 2.75) is 20.0 Å². The maximum absolute atomic E-state index is 10.4. The molecular formula is C18H23NO4. The molecule has 2 aromatic carbocycles. The monoisotopic (exact) mass is 317 g/mol. The zero-order valence-corrected chi connectivity index (χ0v) is 13.9. The molecule has 5 nitrogen and oxygen atoms in total. The third-order valence-corrected chi connectivity index (χ3v) is 3.67. The molecule has 0 aliphatic rings. The minimum atomic E-state index is -0.861. The van der Waals surface area contributed by atoms with E-state index in [1.165, 1.54) is 0 Å². The summed E-state index contributed by atoms with van der Waals surface area (Å²) in [6.07, 6.45) is -0.861. The van der Waals surface area contributed by atoms with Crippen molar-refractivity contribution in [3.8, 4) is 17.2 Å². The van der Waals surface area contributed by atoms with E-state index in [0.717, 1.165) is 11.1 Å². The number of aryl methyl sites for hydroxylation is 2. The molecule has 23 heavy (non-hydrogen) atoms. The topological polar surface area (TPSA) is 73.9 Å². The lowest BCUT2D eigenvalue weighted by Gasteiger charge is -2.18.